The highest BCUT2D eigenvalue weighted by Crippen LogP contribution is 2.16. The minimum atomic E-state index is -0.151. The van der Waals surface area contributed by atoms with Crippen molar-refractivity contribution in [2.75, 3.05) is 30.3 Å². The molecule has 0 spiro atoms. The predicted molar refractivity (Wildman–Crippen MR) is 108 cm³/mol. The summed E-state index contributed by atoms with van der Waals surface area (Å²) >= 11 is 0. The summed E-state index contributed by atoms with van der Waals surface area (Å²) in [5, 5.41) is 8.62. The largest absolute Gasteiger partial charge is 0.494 e. The second-order valence-electron chi connectivity index (χ2n) is 6.06. The minimum absolute atomic E-state index is 0.107. The fourth-order valence-corrected chi connectivity index (χ4v) is 2.36. The van der Waals surface area contributed by atoms with Gasteiger partial charge in [0.15, 0.2) is 0 Å². The second-order valence-corrected chi connectivity index (χ2v) is 6.06. The number of amides is 2. The van der Waals surface area contributed by atoms with Crippen molar-refractivity contribution in [1.29, 1.82) is 0 Å². The van der Waals surface area contributed by atoms with Crippen LogP contribution >= 0.6 is 0 Å². The molecule has 0 aromatic heterocycles. The number of rotatable bonds is 10. The van der Waals surface area contributed by atoms with Crippen LogP contribution in [-0.2, 0) is 4.79 Å². The molecule has 0 radical (unpaired) electrons. The maximum Gasteiger partial charge on any atom is 0.251 e. The number of hydrogen-bond acceptors (Lipinski definition) is 4. The van der Waals surface area contributed by atoms with Crippen molar-refractivity contribution < 1.29 is 14.3 Å². The summed E-state index contributed by atoms with van der Waals surface area (Å²) in [6.07, 6.45) is 2.12. The molecule has 6 nitrogen and oxygen atoms in total. The van der Waals surface area contributed by atoms with Crippen LogP contribution in [0.1, 0.15) is 37.0 Å². The summed E-state index contributed by atoms with van der Waals surface area (Å²) < 4.78 is 5.60. The number of hydrogen-bond donors (Lipinski definition) is 3. The van der Waals surface area contributed by atoms with Gasteiger partial charge in [-0.05, 0) is 61.9 Å². The Balaban J connectivity index is 1.78. The van der Waals surface area contributed by atoms with Gasteiger partial charge < -0.3 is 20.7 Å². The molecule has 2 rings (SSSR count). The van der Waals surface area contributed by atoms with Gasteiger partial charge in [0.05, 0.1) is 13.2 Å². The molecule has 0 saturated carbocycles. The average molecular weight is 369 g/mol. The summed E-state index contributed by atoms with van der Waals surface area (Å²) in [6, 6.07) is 14.3. The third-order valence-corrected chi connectivity index (χ3v) is 3.84. The average Bonchev–Trinajstić information content (AvgIpc) is 2.68. The van der Waals surface area contributed by atoms with Crippen LogP contribution in [0.4, 0.5) is 11.4 Å². The van der Waals surface area contributed by atoms with Gasteiger partial charge in [0.2, 0.25) is 5.91 Å². The molecule has 27 heavy (non-hydrogen) atoms. The van der Waals surface area contributed by atoms with Crippen molar-refractivity contribution in [1.82, 2.24) is 5.32 Å². The topological polar surface area (TPSA) is 79.5 Å². The summed E-state index contributed by atoms with van der Waals surface area (Å²) in [5.41, 5.74) is 2.09. The Bertz CT molecular complexity index is 727. The Morgan fingerprint density at radius 1 is 0.926 bits per heavy atom. The second kappa shape index (κ2) is 10.9. The highest BCUT2D eigenvalue weighted by atomic mass is 16.5. The smallest absolute Gasteiger partial charge is 0.251 e. The number of carbonyl (C=O) groups excluding carboxylic acids is 2. The van der Waals surface area contributed by atoms with E-state index in [1.54, 1.807) is 24.3 Å². The third-order valence-electron chi connectivity index (χ3n) is 3.84. The van der Waals surface area contributed by atoms with E-state index >= 15 is 0 Å². The van der Waals surface area contributed by atoms with E-state index in [0.717, 1.165) is 30.0 Å². The summed E-state index contributed by atoms with van der Waals surface area (Å²) in [4.78, 5) is 23.8. The van der Waals surface area contributed by atoms with Crippen LogP contribution in [0.5, 0.6) is 5.75 Å². The summed E-state index contributed by atoms with van der Waals surface area (Å²) in [7, 11) is 0. The molecule has 0 atom stereocenters. The SMILES string of the molecule is CCCCOc1ccc(NC(=O)CNc2ccc(C(=O)NCC)cc2)cc1. The summed E-state index contributed by atoms with van der Waals surface area (Å²) in [6.45, 7) is 5.41. The zero-order valence-electron chi connectivity index (χ0n) is 15.9. The lowest BCUT2D eigenvalue weighted by molar-refractivity contribution is -0.114. The number of nitrogens with one attached hydrogen (secondary N) is 3. The van der Waals surface area contributed by atoms with E-state index in [2.05, 4.69) is 22.9 Å². The van der Waals surface area contributed by atoms with Crippen LogP contribution in [0.15, 0.2) is 48.5 Å². The molecule has 2 aromatic carbocycles. The maximum absolute atomic E-state index is 12.1. The van der Waals surface area contributed by atoms with Gasteiger partial charge >= 0.3 is 0 Å². The molecule has 144 valence electrons. The Labute approximate surface area is 160 Å². The Morgan fingerprint density at radius 3 is 2.22 bits per heavy atom. The van der Waals surface area contributed by atoms with Crippen LogP contribution in [0.2, 0.25) is 0 Å². The highest BCUT2D eigenvalue weighted by molar-refractivity contribution is 5.95. The quantitative estimate of drug-likeness (QED) is 0.558. The molecule has 0 saturated heterocycles. The molecule has 0 aliphatic rings. The monoisotopic (exact) mass is 369 g/mol. The van der Waals surface area contributed by atoms with E-state index in [1.807, 2.05) is 31.2 Å². The zero-order chi connectivity index (χ0) is 19.5. The Kier molecular flexibility index (Phi) is 8.16. The van der Waals surface area contributed by atoms with Crippen LogP contribution in [0.25, 0.3) is 0 Å². The number of benzene rings is 2. The van der Waals surface area contributed by atoms with Gasteiger partial charge in [-0.25, -0.2) is 0 Å². The molecular formula is C21H27N3O3. The molecule has 0 bridgehead atoms. The number of anilines is 2. The van der Waals surface area contributed by atoms with E-state index in [-0.39, 0.29) is 18.4 Å². The van der Waals surface area contributed by atoms with E-state index in [1.165, 1.54) is 0 Å². The fraction of sp³-hybridized carbons (Fsp3) is 0.333. The maximum atomic E-state index is 12.1. The molecule has 3 N–H and O–H groups in total. The van der Waals surface area contributed by atoms with Crippen LogP contribution in [-0.4, -0.2) is 31.5 Å². The highest BCUT2D eigenvalue weighted by Gasteiger charge is 2.05. The van der Waals surface area contributed by atoms with Crippen molar-refractivity contribution in [2.24, 2.45) is 0 Å². The van der Waals surface area contributed by atoms with Crippen LogP contribution in [0, 0.1) is 0 Å². The molecule has 0 fully saturated rings. The molecule has 0 aliphatic carbocycles. The lowest BCUT2D eigenvalue weighted by Gasteiger charge is -2.10. The third kappa shape index (κ3) is 7.01. The van der Waals surface area contributed by atoms with Gasteiger partial charge in [-0.3, -0.25) is 9.59 Å². The first-order chi connectivity index (χ1) is 13.1. The normalized spacial score (nSPS) is 10.1. The van der Waals surface area contributed by atoms with Crippen molar-refractivity contribution >= 4 is 23.2 Å². The molecule has 0 unspecified atom stereocenters. The number of unbranched alkanes of at least 4 members (excludes halogenated alkanes) is 1. The number of ether oxygens (including phenoxy) is 1. The van der Waals surface area contributed by atoms with E-state index < -0.39 is 0 Å². The van der Waals surface area contributed by atoms with Crippen molar-refractivity contribution in [2.45, 2.75) is 26.7 Å². The number of carbonyl (C=O) groups is 2. The molecule has 0 aliphatic heterocycles. The van der Waals surface area contributed by atoms with Gasteiger partial charge in [0.25, 0.3) is 5.91 Å². The molecule has 6 heteroatoms. The van der Waals surface area contributed by atoms with Gasteiger partial charge in [0, 0.05) is 23.5 Å². The predicted octanol–water partition coefficient (Wildman–Crippen LogP) is 3.67. The van der Waals surface area contributed by atoms with Gasteiger partial charge in [-0.2, -0.15) is 0 Å². The van der Waals surface area contributed by atoms with Gasteiger partial charge in [-0.1, -0.05) is 13.3 Å². The van der Waals surface area contributed by atoms with Crippen molar-refractivity contribution in [3.05, 3.63) is 54.1 Å². The first kappa shape index (κ1) is 20.3. The van der Waals surface area contributed by atoms with Gasteiger partial charge in [-0.15, -0.1) is 0 Å². The zero-order valence-corrected chi connectivity index (χ0v) is 15.9. The van der Waals surface area contributed by atoms with Crippen LogP contribution in [0.3, 0.4) is 0 Å². The Hall–Kier alpha value is -3.02. The molecular weight excluding hydrogens is 342 g/mol. The lowest BCUT2D eigenvalue weighted by atomic mass is 10.2. The van der Waals surface area contributed by atoms with E-state index in [0.29, 0.717) is 18.7 Å². The van der Waals surface area contributed by atoms with Crippen LogP contribution < -0.4 is 20.7 Å². The Morgan fingerprint density at radius 2 is 1.59 bits per heavy atom. The van der Waals surface area contributed by atoms with Crippen molar-refractivity contribution in [3.63, 3.8) is 0 Å². The van der Waals surface area contributed by atoms with Gasteiger partial charge in [0.1, 0.15) is 5.75 Å². The molecule has 2 amide bonds. The lowest BCUT2D eigenvalue weighted by Crippen LogP contribution is -2.23. The van der Waals surface area contributed by atoms with E-state index in [4.69, 9.17) is 4.74 Å². The van der Waals surface area contributed by atoms with E-state index in [9.17, 15) is 9.59 Å². The first-order valence-electron chi connectivity index (χ1n) is 9.27. The molecule has 0 heterocycles. The standard InChI is InChI=1S/C21H27N3O3/c1-3-5-14-27-19-12-10-18(11-13-19)24-20(25)15-23-17-8-6-16(7-9-17)21(26)22-4-2/h6-13,23H,3-5,14-15H2,1-2H3,(H,22,26)(H,24,25). The minimum Gasteiger partial charge on any atom is -0.494 e. The summed E-state index contributed by atoms with van der Waals surface area (Å²) in [5.74, 6) is 0.540. The first-order valence-corrected chi connectivity index (χ1v) is 9.27. The van der Waals surface area contributed by atoms with Crippen molar-refractivity contribution in [3.8, 4) is 5.75 Å². The fourth-order valence-electron chi connectivity index (χ4n) is 2.36. The molecule has 2 aromatic rings.